The molecule has 1 aliphatic carbocycles. The average molecular weight is 237 g/mol. The van der Waals surface area contributed by atoms with Crippen LogP contribution >= 0.6 is 0 Å². The summed E-state index contributed by atoms with van der Waals surface area (Å²) in [7, 11) is 0. The molecule has 0 radical (unpaired) electrons. The Morgan fingerprint density at radius 2 is 2.00 bits per heavy atom. The number of ether oxygens (including phenoxy) is 1. The highest BCUT2D eigenvalue weighted by molar-refractivity contribution is 5.28. The Bertz CT molecular complexity index is 380. The summed E-state index contributed by atoms with van der Waals surface area (Å²) in [5.74, 6) is 0.375. The molecule has 0 aliphatic heterocycles. The van der Waals surface area contributed by atoms with E-state index >= 15 is 0 Å². The molecule has 2 rings (SSSR count). The van der Waals surface area contributed by atoms with E-state index in [9.17, 15) is 4.39 Å². The minimum atomic E-state index is -0.218. The molecule has 0 aromatic heterocycles. The summed E-state index contributed by atoms with van der Waals surface area (Å²) in [6, 6.07) is 5.08. The van der Waals surface area contributed by atoms with Crippen LogP contribution < -0.4 is 10.5 Å². The summed E-state index contributed by atoms with van der Waals surface area (Å²) in [6.07, 6.45) is 5.53. The Balaban J connectivity index is 2.05. The molecule has 0 heterocycles. The minimum absolute atomic E-state index is 0.0274. The SMILES string of the molecule is Cc1ccc(OC2CCCCCC2N)cc1F. The molecule has 2 nitrogen and oxygen atoms in total. The summed E-state index contributed by atoms with van der Waals surface area (Å²) in [5, 5.41) is 0. The molecule has 1 saturated carbocycles. The summed E-state index contributed by atoms with van der Waals surface area (Å²) in [6.45, 7) is 1.75. The third kappa shape index (κ3) is 3.19. The Kier molecular flexibility index (Phi) is 4.00. The third-order valence-electron chi connectivity index (χ3n) is 3.43. The van der Waals surface area contributed by atoms with E-state index in [2.05, 4.69) is 0 Å². The van der Waals surface area contributed by atoms with Crippen LogP contribution in [0.4, 0.5) is 4.39 Å². The fraction of sp³-hybridized carbons (Fsp3) is 0.571. The van der Waals surface area contributed by atoms with Gasteiger partial charge < -0.3 is 10.5 Å². The summed E-state index contributed by atoms with van der Waals surface area (Å²) >= 11 is 0. The molecule has 0 spiro atoms. The average Bonchev–Trinajstić information content (AvgIpc) is 2.50. The Morgan fingerprint density at radius 1 is 1.24 bits per heavy atom. The van der Waals surface area contributed by atoms with Gasteiger partial charge in [-0.2, -0.15) is 0 Å². The van der Waals surface area contributed by atoms with Gasteiger partial charge in [-0.3, -0.25) is 0 Å². The number of rotatable bonds is 2. The van der Waals surface area contributed by atoms with Crippen LogP contribution in [0.25, 0.3) is 0 Å². The van der Waals surface area contributed by atoms with Gasteiger partial charge in [0.15, 0.2) is 0 Å². The van der Waals surface area contributed by atoms with Gasteiger partial charge in [-0.1, -0.05) is 18.9 Å². The van der Waals surface area contributed by atoms with E-state index in [0.717, 1.165) is 19.3 Å². The van der Waals surface area contributed by atoms with Gasteiger partial charge in [0.1, 0.15) is 17.7 Å². The van der Waals surface area contributed by atoms with Gasteiger partial charge in [-0.05, 0) is 37.8 Å². The highest BCUT2D eigenvalue weighted by Gasteiger charge is 2.22. The zero-order valence-electron chi connectivity index (χ0n) is 10.3. The lowest BCUT2D eigenvalue weighted by Crippen LogP contribution is -2.37. The van der Waals surface area contributed by atoms with Crippen LogP contribution in [0.3, 0.4) is 0 Å². The van der Waals surface area contributed by atoms with Gasteiger partial charge in [-0.25, -0.2) is 4.39 Å². The van der Waals surface area contributed by atoms with Crippen molar-refractivity contribution in [2.24, 2.45) is 5.73 Å². The minimum Gasteiger partial charge on any atom is -0.489 e. The van der Waals surface area contributed by atoms with Crippen molar-refractivity contribution in [1.29, 1.82) is 0 Å². The van der Waals surface area contributed by atoms with Gasteiger partial charge in [0.05, 0.1) is 0 Å². The van der Waals surface area contributed by atoms with Crippen molar-refractivity contribution in [2.75, 3.05) is 0 Å². The maximum absolute atomic E-state index is 13.4. The number of halogens is 1. The van der Waals surface area contributed by atoms with Gasteiger partial charge >= 0.3 is 0 Å². The molecule has 3 heteroatoms. The normalized spacial score (nSPS) is 25.4. The first-order valence-electron chi connectivity index (χ1n) is 6.35. The number of aryl methyl sites for hydroxylation is 1. The van der Waals surface area contributed by atoms with E-state index in [1.165, 1.54) is 18.9 Å². The van der Waals surface area contributed by atoms with E-state index in [1.807, 2.05) is 6.07 Å². The predicted octanol–water partition coefficient (Wildman–Crippen LogP) is 3.17. The lowest BCUT2D eigenvalue weighted by molar-refractivity contribution is 0.162. The largest absolute Gasteiger partial charge is 0.489 e. The van der Waals surface area contributed by atoms with Crippen molar-refractivity contribution in [1.82, 2.24) is 0 Å². The first-order valence-corrected chi connectivity index (χ1v) is 6.35. The van der Waals surface area contributed by atoms with Crippen LogP contribution in [0.1, 0.15) is 37.7 Å². The van der Waals surface area contributed by atoms with E-state index in [1.54, 1.807) is 13.0 Å². The molecular formula is C14H20FNO. The van der Waals surface area contributed by atoms with Crippen LogP contribution in [-0.4, -0.2) is 12.1 Å². The Hall–Kier alpha value is -1.09. The summed E-state index contributed by atoms with van der Waals surface area (Å²) < 4.78 is 19.2. The second-order valence-corrected chi connectivity index (χ2v) is 4.87. The van der Waals surface area contributed by atoms with Crippen molar-refractivity contribution in [2.45, 2.75) is 51.2 Å². The summed E-state index contributed by atoms with van der Waals surface area (Å²) in [5.41, 5.74) is 6.72. The molecular weight excluding hydrogens is 217 g/mol. The quantitative estimate of drug-likeness (QED) is 0.802. The molecule has 1 aromatic rings. The van der Waals surface area contributed by atoms with Crippen molar-refractivity contribution in [3.8, 4) is 5.75 Å². The van der Waals surface area contributed by atoms with Gasteiger partial charge in [0, 0.05) is 12.1 Å². The molecule has 94 valence electrons. The Morgan fingerprint density at radius 3 is 2.76 bits per heavy atom. The van der Waals surface area contributed by atoms with E-state index in [4.69, 9.17) is 10.5 Å². The second-order valence-electron chi connectivity index (χ2n) is 4.87. The fourth-order valence-corrected chi connectivity index (χ4v) is 2.27. The fourth-order valence-electron chi connectivity index (χ4n) is 2.27. The van der Waals surface area contributed by atoms with Crippen LogP contribution in [0.2, 0.25) is 0 Å². The van der Waals surface area contributed by atoms with E-state index in [-0.39, 0.29) is 18.0 Å². The molecule has 1 fully saturated rings. The maximum atomic E-state index is 13.4. The van der Waals surface area contributed by atoms with Crippen molar-refractivity contribution in [3.05, 3.63) is 29.6 Å². The van der Waals surface area contributed by atoms with Gasteiger partial charge in [0.2, 0.25) is 0 Å². The van der Waals surface area contributed by atoms with Crippen molar-refractivity contribution >= 4 is 0 Å². The number of benzene rings is 1. The maximum Gasteiger partial charge on any atom is 0.129 e. The molecule has 2 N–H and O–H groups in total. The van der Waals surface area contributed by atoms with Crippen LogP contribution in [0.5, 0.6) is 5.75 Å². The topological polar surface area (TPSA) is 35.2 Å². The highest BCUT2D eigenvalue weighted by Crippen LogP contribution is 2.23. The van der Waals surface area contributed by atoms with Crippen LogP contribution in [0.15, 0.2) is 18.2 Å². The second kappa shape index (κ2) is 5.50. The number of hydrogen-bond donors (Lipinski definition) is 1. The molecule has 1 aromatic carbocycles. The molecule has 0 saturated heterocycles. The molecule has 1 aliphatic rings. The van der Waals surface area contributed by atoms with Crippen molar-refractivity contribution in [3.63, 3.8) is 0 Å². The highest BCUT2D eigenvalue weighted by atomic mass is 19.1. The smallest absolute Gasteiger partial charge is 0.129 e. The lowest BCUT2D eigenvalue weighted by Gasteiger charge is -2.23. The van der Waals surface area contributed by atoms with Crippen LogP contribution in [-0.2, 0) is 0 Å². The van der Waals surface area contributed by atoms with E-state index < -0.39 is 0 Å². The van der Waals surface area contributed by atoms with Crippen LogP contribution in [0, 0.1) is 12.7 Å². The zero-order valence-corrected chi connectivity index (χ0v) is 10.3. The standard InChI is InChI=1S/C14H20FNO/c1-10-7-8-11(9-12(10)15)17-14-6-4-2-3-5-13(14)16/h7-9,13-14H,2-6,16H2,1H3. The third-order valence-corrected chi connectivity index (χ3v) is 3.43. The zero-order chi connectivity index (χ0) is 12.3. The Labute approximate surface area is 102 Å². The number of nitrogens with two attached hydrogens (primary N) is 1. The molecule has 0 bridgehead atoms. The summed E-state index contributed by atoms with van der Waals surface area (Å²) in [4.78, 5) is 0. The molecule has 2 atom stereocenters. The lowest BCUT2D eigenvalue weighted by atomic mass is 10.1. The molecule has 0 amide bonds. The number of hydrogen-bond acceptors (Lipinski definition) is 2. The first kappa shape index (κ1) is 12.4. The van der Waals surface area contributed by atoms with E-state index in [0.29, 0.717) is 11.3 Å². The van der Waals surface area contributed by atoms with Gasteiger partial charge in [-0.15, -0.1) is 0 Å². The van der Waals surface area contributed by atoms with Gasteiger partial charge in [0.25, 0.3) is 0 Å². The predicted molar refractivity (Wildman–Crippen MR) is 66.6 cm³/mol. The first-order chi connectivity index (χ1) is 8.16. The molecule has 17 heavy (non-hydrogen) atoms. The van der Waals surface area contributed by atoms with Crippen molar-refractivity contribution < 1.29 is 9.13 Å². The monoisotopic (exact) mass is 237 g/mol. The molecule has 2 unspecified atom stereocenters.